The van der Waals surface area contributed by atoms with E-state index in [1.165, 1.54) is 6.92 Å². The van der Waals surface area contributed by atoms with E-state index in [1.54, 1.807) is 13.8 Å². The van der Waals surface area contributed by atoms with Crippen molar-refractivity contribution in [3.8, 4) is 0 Å². The van der Waals surface area contributed by atoms with Crippen LogP contribution in [-0.4, -0.2) is 65.5 Å². The molecule has 0 heterocycles. The molecule has 0 radical (unpaired) electrons. The molecule has 32 heavy (non-hydrogen) atoms. The van der Waals surface area contributed by atoms with E-state index in [4.69, 9.17) is 22.3 Å². The number of hydrogen-bond acceptors (Lipinski definition) is 6. The SMILES string of the molecule is CC(C)CC(N)C(=O)NC(CCCN=C(N)N)C(=O)NC(C(=O)NC(C)C(=O)O)C(C)C. The Bertz CT molecular complexity index is 677. The highest BCUT2D eigenvalue weighted by atomic mass is 16.4. The number of carboxylic acid groups (broad SMARTS) is 1. The quantitative estimate of drug-likeness (QED) is 0.0935. The van der Waals surface area contributed by atoms with Crippen molar-refractivity contribution in [3.63, 3.8) is 0 Å². The number of hydrogen-bond donors (Lipinski definition) is 7. The van der Waals surface area contributed by atoms with Crippen molar-refractivity contribution in [2.75, 3.05) is 6.54 Å². The summed E-state index contributed by atoms with van der Waals surface area (Å²) in [5.74, 6) is -3.13. The second-order valence-electron chi connectivity index (χ2n) is 8.54. The number of nitrogens with zero attached hydrogens (tertiary/aromatic N) is 1. The van der Waals surface area contributed by atoms with Crippen LogP contribution in [0.2, 0.25) is 0 Å². The van der Waals surface area contributed by atoms with E-state index in [-0.39, 0.29) is 30.8 Å². The van der Waals surface area contributed by atoms with Gasteiger partial charge in [-0.3, -0.25) is 24.2 Å². The molecule has 0 aromatic rings. The number of rotatable bonds is 14. The first kappa shape index (κ1) is 29.1. The lowest BCUT2D eigenvalue weighted by Gasteiger charge is -2.26. The van der Waals surface area contributed by atoms with Gasteiger partial charge in [-0.1, -0.05) is 27.7 Å². The van der Waals surface area contributed by atoms with E-state index >= 15 is 0 Å². The van der Waals surface area contributed by atoms with Gasteiger partial charge in [0, 0.05) is 6.54 Å². The van der Waals surface area contributed by atoms with Crippen LogP contribution in [0.25, 0.3) is 0 Å². The standard InChI is InChI=1S/C20H39N7O5/c1-10(2)9-13(21)16(28)26-14(7-6-8-24-20(22)23)17(29)27-15(11(3)4)18(30)25-12(5)19(31)32/h10-15H,6-9,21H2,1-5H3,(H,25,30)(H,26,28)(H,27,29)(H,31,32)(H4,22,23,24). The van der Waals surface area contributed by atoms with Crippen LogP contribution in [0.15, 0.2) is 4.99 Å². The van der Waals surface area contributed by atoms with Gasteiger partial charge < -0.3 is 38.3 Å². The Kier molecular flexibility index (Phi) is 12.9. The van der Waals surface area contributed by atoms with Gasteiger partial charge in [0.05, 0.1) is 6.04 Å². The summed E-state index contributed by atoms with van der Waals surface area (Å²) in [5, 5.41) is 16.6. The topological polar surface area (TPSA) is 215 Å². The third-order valence-electron chi connectivity index (χ3n) is 4.62. The van der Waals surface area contributed by atoms with Gasteiger partial charge >= 0.3 is 5.97 Å². The van der Waals surface area contributed by atoms with E-state index in [0.29, 0.717) is 12.8 Å². The third kappa shape index (κ3) is 11.5. The number of guanidine groups is 1. The van der Waals surface area contributed by atoms with Crippen molar-refractivity contribution in [3.05, 3.63) is 0 Å². The van der Waals surface area contributed by atoms with Gasteiger partial charge in [0.2, 0.25) is 17.7 Å². The fourth-order valence-electron chi connectivity index (χ4n) is 2.82. The maximum Gasteiger partial charge on any atom is 0.325 e. The monoisotopic (exact) mass is 457 g/mol. The van der Waals surface area contributed by atoms with Gasteiger partial charge in [0.1, 0.15) is 18.1 Å². The number of carbonyl (C=O) groups excluding carboxylic acids is 3. The smallest absolute Gasteiger partial charge is 0.325 e. The minimum atomic E-state index is -1.20. The van der Waals surface area contributed by atoms with Gasteiger partial charge in [-0.05, 0) is 38.0 Å². The highest BCUT2D eigenvalue weighted by Crippen LogP contribution is 2.07. The summed E-state index contributed by atoms with van der Waals surface area (Å²) in [7, 11) is 0. The second kappa shape index (κ2) is 14.2. The Hall–Kier alpha value is -2.89. The van der Waals surface area contributed by atoms with Crippen LogP contribution in [0.3, 0.4) is 0 Å². The van der Waals surface area contributed by atoms with Gasteiger partial charge in [-0.15, -0.1) is 0 Å². The normalized spacial score (nSPS) is 14.8. The molecule has 4 atom stereocenters. The molecule has 10 N–H and O–H groups in total. The predicted octanol–water partition coefficient (Wildman–Crippen LogP) is -1.37. The Labute approximate surface area is 189 Å². The Morgan fingerprint density at radius 1 is 0.906 bits per heavy atom. The van der Waals surface area contributed by atoms with Gasteiger partial charge in [0.15, 0.2) is 5.96 Å². The van der Waals surface area contributed by atoms with Crippen molar-refractivity contribution >= 4 is 29.7 Å². The number of amides is 3. The first-order chi connectivity index (χ1) is 14.8. The van der Waals surface area contributed by atoms with Gasteiger partial charge in [0.25, 0.3) is 0 Å². The van der Waals surface area contributed by atoms with Crippen LogP contribution < -0.4 is 33.2 Å². The summed E-state index contributed by atoms with van der Waals surface area (Å²) >= 11 is 0. The van der Waals surface area contributed by atoms with Crippen LogP contribution in [0.5, 0.6) is 0 Å². The highest BCUT2D eigenvalue weighted by molar-refractivity contribution is 5.94. The molecule has 0 spiro atoms. The van der Waals surface area contributed by atoms with Crippen molar-refractivity contribution in [1.29, 1.82) is 0 Å². The highest BCUT2D eigenvalue weighted by Gasteiger charge is 2.30. The summed E-state index contributed by atoms with van der Waals surface area (Å²) in [6, 6.07) is -3.88. The molecule has 0 aliphatic heterocycles. The molecule has 0 bridgehead atoms. The minimum Gasteiger partial charge on any atom is -0.480 e. The number of nitrogens with one attached hydrogen (secondary N) is 3. The van der Waals surface area contributed by atoms with Gasteiger partial charge in [-0.25, -0.2) is 0 Å². The van der Waals surface area contributed by atoms with Crippen LogP contribution in [0.4, 0.5) is 0 Å². The summed E-state index contributed by atoms with van der Waals surface area (Å²) in [6.07, 6.45) is 1.04. The van der Waals surface area contributed by atoms with Crippen LogP contribution >= 0.6 is 0 Å². The molecule has 0 aliphatic carbocycles. The van der Waals surface area contributed by atoms with E-state index in [0.717, 1.165) is 0 Å². The zero-order valence-corrected chi connectivity index (χ0v) is 19.6. The molecular weight excluding hydrogens is 418 g/mol. The summed E-state index contributed by atoms with van der Waals surface area (Å²) < 4.78 is 0. The van der Waals surface area contributed by atoms with Crippen molar-refractivity contribution < 1.29 is 24.3 Å². The molecule has 0 aromatic carbocycles. The summed E-state index contributed by atoms with van der Waals surface area (Å²) in [4.78, 5) is 52.8. The number of carboxylic acids is 1. The predicted molar refractivity (Wildman–Crippen MR) is 121 cm³/mol. The number of nitrogens with two attached hydrogens (primary N) is 3. The van der Waals surface area contributed by atoms with E-state index < -0.39 is 47.9 Å². The van der Waals surface area contributed by atoms with Crippen molar-refractivity contribution in [2.24, 2.45) is 34.0 Å². The van der Waals surface area contributed by atoms with E-state index in [9.17, 15) is 19.2 Å². The molecule has 0 saturated heterocycles. The summed E-state index contributed by atoms with van der Waals surface area (Å²) in [5.41, 5.74) is 16.5. The molecule has 12 nitrogen and oxygen atoms in total. The van der Waals surface area contributed by atoms with E-state index in [2.05, 4.69) is 20.9 Å². The fraction of sp³-hybridized carbons (Fsp3) is 0.750. The summed E-state index contributed by atoms with van der Waals surface area (Å²) in [6.45, 7) is 8.85. The Morgan fingerprint density at radius 3 is 1.97 bits per heavy atom. The van der Waals surface area contributed by atoms with Crippen LogP contribution in [0.1, 0.15) is 53.9 Å². The van der Waals surface area contributed by atoms with Crippen molar-refractivity contribution in [2.45, 2.75) is 78.0 Å². The lowest BCUT2D eigenvalue weighted by molar-refractivity contribution is -0.142. The van der Waals surface area contributed by atoms with Crippen LogP contribution in [-0.2, 0) is 19.2 Å². The first-order valence-electron chi connectivity index (χ1n) is 10.7. The van der Waals surface area contributed by atoms with Crippen LogP contribution in [0, 0.1) is 11.8 Å². The third-order valence-corrected chi connectivity index (χ3v) is 4.62. The molecule has 3 amide bonds. The molecule has 0 aromatic heterocycles. The molecule has 0 saturated carbocycles. The Balaban J connectivity index is 5.38. The maximum absolute atomic E-state index is 12.9. The zero-order chi connectivity index (χ0) is 25.0. The molecule has 0 fully saturated rings. The first-order valence-corrected chi connectivity index (χ1v) is 10.7. The molecule has 12 heteroatoms. The largest absolute Gasteiger partial charge is 0.480 e. The number of aliphatic imine (C=N–C) groups is 1. The van der Waals surface area contributed by atoms with Gasteiger partial charge in [-0.2, -0.15) is 0 Å². The van der Waals surface area contributed by atoms with Crippen molar-refractivity contribution in [1.82, 2.24) is 16.0 Å². The Morgan fingerprint density at radius 2 is 1.50 bits per heavy atom. The molecule has 0 aliphatic rings. The maximum atomic E-state index is 12.9. The second-order valence-corrected chi connectivity index (χ2v) is 8.54. The lowest BCUT2D eigenvalue weighted by atomic mass is 10.0. The molecule has 4 unspecified atom stereocenters. The fourth-order valence-corrected chi connectivity index (χ4v) is 2.82. The zero-order valence-electron chi connectivity index (χ0n) is 19.6. The average Bonchev–Trinajstić information content (AvgIpc) is 2.66. The molecule has 0 rings (SSSR count). The van der Waals surface area contributed by atoms with E-state index in [1.807, 2.05) is 13.8 Å². The number of aliphatic carboxylic acids is 1. The average molecular weight is 458 g/mol. The number of carbonyl (C=O) groups is 4. The lowest BCUT2D eigenvalue weighted by Crippen LogP contribution is -2.58. The molecular formula is C20H39N7O5. The minimum absolute atomic E-state index is 0.0851. The molecule has 184 valence electrons.